The third-order valence-electron chi connectivity index (χ3n) is 9.71. The van der Waals surface area contributed by atoms with Crippen molar-refractivity contribution >= 4 is 0 Å². The number of rotatable bonds is 0. The summed E-state index contributed by atoms with van der Waals surface area (Å²) in [7, 11) is 0. The molecule has 5 rings (SSSR count). The number of fused-ring (bicyclic) bond motifs is 3. The topological polar surface area (TPSA) is 20.2 Å². The maximum atomic E-state index is 10.6. The fourth-order valence-corrected chi connectivity index (χ4v) is 8.74. The molecule has 0 bridgehead atoms. The highest BCUT2D eigenvalue weighted by molar-refractivity contribution is 5.29. The Bertz CT molecular complexity index is 575. The molecule has 0 aromatic heterocycles. The van der Waals surface area contributed by atoms with Crippen LogP contribution in [0.15, 0.2) is 11.6 Å². The van der Waals surface area contributed by atoms with E-state index in [0.29, 0.717) is 16.2 Å². The molecule has 5 aliphatic carbocycles. The van der Waals surface area contributed by atoms with E-state index in [1.165, 1.54) is 51.4 Å². The van der Waals surface area contributed by atoms with Gasteiger partial charge in [-0.15, -0.1) is 0 Å². The quantitative estimate of drug-likeness (QED) is 0.587. The summed E-state index contributed by atoms with van der Waals surface area (Å²) < 4.78 is 0. The second-order valence-corrected chi connectivity index (χ2v) is 10.5. The molecule has 1 N–H and O–H groups in total. The molecule has 5 saturated carbocycles. The molecule has 0 amide bonds. The van der Waals surface area contributed by atoms with Gasteiger partial charge in [-0.05, 0) is 112 Å². The molecule has 0 saturated heterocycles. The van der Waals surface area contributed by atoms with E-state index in [1.807, 2.05) is 0 Å². The molecule has 0 aromatic carbocycles. The fourth-order valence-electron chi connectivity index (χ4n) is 8.74. The standard InChI is InChI=1S/C22H34O/c1-4-15-5-6-17-16-7-10-21-13-19(2,23)11-12-22(21,14-21)18(16)8-9-20(15,17)3/h4,16-18,23H,5-14H2,1-3H3/t16-,17-,18-,19+,20+,21+,22-/m0/s1. The Morgan fingerprint density at radius 2 is 1.78 bits per heavy atom. The first-order valence-corrected chi connectivity index (χ1v) is 10.2. The van der Waals surface area contributed by atoms with Crippen LogP contribution in [0.25, 0.3) is 0 Å². The first-order valence-electron chi connectivity index (χ1n) is 10.2. The summed E-state index contributed by atoms with van der Waals surface area (Å²) in [6.07, 6.45) is 16.0. The molecule has 0 spiro atoms. The lowest BCUT2D eigenvalue weighted by Crippen LogP contribution is -2.49. The van der Waals surface area contributed by atoms with Gasteiger partial charge in [-0.3, -0.25) is 0 Å². The van der Waals surface area contributed by atoms with Crippen LogP contribution in [-0.4, -0.2) is 10.7 Å². The lowest BCUT2D eigenvalue weighted by atomic mass is 9.49. The van der Waals surface area contributed by atoms with Crippen molar-refractivity contribution in [2.24, 2.45) is 34.0 Å². The van der Waals surface area contributed by atoms with Gasteiger partial charge in [-0.2, -0.15) is 0 Å². The van der Waals surface area contributed by atoms with Crippen LogP contribution in [0.5, 0.6) is 0 Å². The van der Waals surface area contributed by atoms with E-state index < -0.39 is 0 Å². The minimum absolute atomic E-state index is 0.374. The van der Waals surface area contributed by atoms with Gasteiger partial charge in [0, 0.05) is 0 Å². The fraction of sp³-hybridized carbons (Fsp3) is 0.909. The average Bonchev–Trinajstić information content (AvgIpc) is 3.05. The maximum Gasteiger partial charge on any atom is 0.0625 e. The summed E-state index contributed by atoms with van der Waals surface area (Å²) in [6.45, 7) is 6.96. The van der Waals surface area contributed by atoms with Gasteiger partial charge in [0.2, 0.25) is 0 Å². The molecule has 0 unspecified atom stereocenters. The highest BCUT2D eigenvalue weighted by Gasteiger charge is 2.76. The Morgan fingerprint density at radius 3 is 2.57 bits per heavy atom. The summed E-state index contributed by atoms with van der Waals surface area (Å²) in [6, 6.07) is 0. The van der Waals surface area contributed by atoms with Crippen molar-refractivity contribution in [3.63, 3.8) is 0 Å². The Hall–Kier alpha value is -0.300. The van der Waals surface area contributed by atoms with E-state index in [1.54, 1.807) is 5.57 Å². The number of hydrogen-bond donors (Lipinski definition) is 1. The predicted octanol–water partition coefficient (Wildman–Crippen LogP) is 5.48. The average molecular weight is 315 g/mol. The lowest BCUT2D eigenvalue weighted by molar-refractivity contribution is -0.0902. The van der Waals surface area contributed by atoms with Crippen molar-refractivity contribution in [1.29, 1.82) is 0 Å². The van der Waals surface area contributed by atoms with Crippen molar-refractivity contribution in [3.8, 4) is 0 Å². The molecule has 5 fully saturated rings. The second kappa shape index (κ2) is 4.26. The zero-order valence-electron chi connectivity index (χ0n) is 15.3. The summed E-state index contributed by atoms with van der Waals surface area (Å²) in [5.41, 5.74) is 3.13. The van der Waals surface area contributed by atoms with E-state index in [4.69, 9.17) is 0 Å². The molecular weight excluding hydrogens is 280 g/mol. The van der Waals surface area contributed by atoms with Gasteiger partial charge in [-0.25, -0.2) is 0 Å². The smallest absolute Gasteiger partial charge is 0.0625 e. The second-order valence-electron chi connectivity index (χ2n) is 10.5. The monoisotopic (exact) mass is 314 g/mol. The molecule has 0 aliphatic heterocycles. The van der Waals surface area contributed by atoms with Crippen LogP contribution in [0.2, 0.25) is 0 Å². The number of allylic oxidation sites excluding steroid dienone is 2. The van der Waals surface area contributed by atoms with Crippen molar-refractivity contribution in [2.45, 2.75) is 90.6 Å². The predicted molar refractivity (Wildman–Crippen MR) is 94.0 cm³/mol. The van der Waals surface area contributed by atoms with E-state index in [-0.39, 0.29) is 5.60 Å². The molecule has 0 radical (unpaired) electrons. The Labute approximate surface area is 141 Å². The molecule has 23 heavy (non-hydrogen) atoms. The molecule has 1 nitrogen and oxygen atoms in total. The lowest BCUT2D eigenvalue weighted by Gasteiger charge is -2.56. The first kappa shape index (κ1) is 15.0. The summed E-state index contributed by atoms with van der Waals surface area (Å²) in [5, 5.41) is 10.6. The first-order chi connectivity index (χ1) is 10.9. The van der Waals surface area contributed by atoms with Crippen LogP contribution in [0.4, 0.5) is 0 Å². The highest BCUT2D eigenvalue weighted by Crippen LogP contribution is 2.83. The van der Waals surface area contributed by atoms with Gasteiger partial charge in [0.05, 0.1) is 5.60 Å². The molecule has 0 aromatic rings. The largest absolute Gasteiger partial charge is 0.390 e. The minimum atomic E-state index is -0.374. The van der Waals surface area contributed by atoms with Crippen molar-refractivity contribution in [3.05, 3.63) is 11.6 Å². The summed E-state index contributed by atoms with van der Waals surface area (Å²) >= 11 is 0. The third kappa shape index (κ3) is 1.68. The molecule has 128 valence electrons. The van der Waals surface area contributed by atoms with Crippen molar-refractivity contribution < 1.29 is 5.11 Å². The zero-order chi connectivity index (χ0) is 16.1. The van der Waals surface area contributed by atoms with Crippen molar-refractivity contribution in [2.75, 3.05) is 0 Å². The Balaban J connectivity index is 1.47. The number of hydrogen-bond acceptors (Lipinski definition) is 1. The minimum Gasteiger partial charge on any atom is -0.390 e. The van der Waals surface area contributed by atoms with Crippen LogP contribution >= 0.6 is 0 Å². The van der Waals surface area contributed by atoms with Gasteiger partial charge in [0.15, 0.2) is 0 Å². The van der Waals surface area contributed by atoms with Gasteiger partial charge in [0.1, 0.15) is 0 Å². The summed E-state index contributed by atoms with van der Waals surface area (Å²) in [5.74, 6) is 2.94. The van der Waals surface area contributed by atoms with Crippen molar-refractivity contribution in [1.82, 2.24) is 0 Å². The van der Waals surface area contributed by atoms with Gasteiger partial charge >= 0.3 is 0 Å². The summed E-state index contributed by atoms with van der Waals surface area (Å²) in [4.78, 5) is 0. The van der Waals surface area contributed by atoms with E-state index in [0.717, 1.165) is 30.6 Å². The third-order valence-corrected chi connectivity index (χ3v) is 9.71. The molecular formula is C22H34O. The van der Waals surface area contributed by atoms with E-state index >= 15 is 0 Å². The highest BCUT2D eigenvalue weighted by atomic mass is 16.3. The maximum absolute atomic E-state index is 10.6. The van der Waals surface area contributed by atoms with Gasteiger partial charge in [-0.1, -0.05) is 18.6 Å². The van der Waals surface area contributed by atoms with Crippen LogP contribution < -0.4 is 0 Å². The SMILES string of the molecule is CC=C1CC[C@H]2[C@@H]3CC[C@]45C[C@](C)(O)CC[C@]4(C5)[C@H]3CC[C@]12C. The number of aliphatic hydroxyl groups is 1. The van der Waals surface area contributed by atoms with Crippen LogP contribution in [0, 0.1) is 34.0 Å². The van der Waals surface area contributed by atoms with E-state index in [2.05, 4.69) is 26.8 Å². The van der Waals surface area contributed by atoms with Gasteiger partial charge in [0.25, 0.3) is 0 Å². The van der Waals surface area contributed by atoms with Crippen LogP contribution in [0.1, 0.15) is 85.0 Å². The molecule has 7 atom stereocenters. The molecule has 1 heteroatoms. The normalized spacial score (nSPS) is 62.3. The Morgan fingerprint density at radius 1 is 0.957 bits per heavy atom. The van der Waals surface area contributed by atoms with Crippen LogP contribution in [0.3, 0.4) is 0 Å². The molecule has 5 aliphatic rings. The molecule has 0 heterocycles. The Kier molecular flexibility index (Phi) is 2.78. The van der Waals surface area contributed by atoms with Crippen LogP contribution in [-0.2, 0) is 0 Å². The van der Waals surface area contributed by atoms with Gasteiger partial charge < -0.3 is 5.11 Å². The van der Waals surface area contributed by atoms with E-state index in [9.17, 15) is 5.11 Å². The zero-order valence-corrected chi connectivity index (χ0v) is 15.3.